The lowest BCUT2D eigenvalue weighted by Crippen LogP contribution is -2.51. The SMILES string of the molecule is O=C(O)C1(O)CCCNC1. The van der Waals surface area contributed by atoms with Gasteiger partial charge in [0.05, 0.1) is 0 Å². The number of aliphatic hydroxyl groups is 1. The van der Waals surface area contributed by atoms with E-state index in [9.17, 15) is 9.90 Å². The minimum atomic E-state index is -1.52. The molecule has 1 saturated heterocycles. The summed E-state index contributed by atoms with van der Waals surface area (Å²) in [6, 6.07) is 0. The molecule has 3 N–H and O–H groups in total. The van der Waals surface area contributed by atoms with Crippen LogP contribution in [0, 0.1) is 0 Å². The number of hydrogen-bond acceptors (Lipinski definition) is 3. The third-order valence-electron chi connectivity index (χ3n) is 1.76. The van der Waals surface area contributed by atoms with Gasteiger partial charge in [-0.25, -0.2) is 4.79 Å². The Morgan fingerprint density at radius 3 is 2.60 bits per heavy atom. The van der Waals surface area contributed by atoms with Gasteiger partial charge in [0.1, 0.15) is 0 Å². The van der Waals surface area contributed by atoms with Crippen LogP contribution in [0.25, 0.3) is 0 Å². The largest absolute Gasteiger partial charge is 0.479 e. The van der Waals surface area contributed by atoms with Gasteiger partial charge in [-0.2, -0.15) is 0 Å². The Hall–Kier alpha value is -0.610. The number of nitrogens with one attached hydrogen (secondary N) is 1. The van der Waals surface area contributed by atoms with Crippen LogP contribution in [0.1, 0.15) is 12.8 Å². The smallest absolute Gasteiger partial charge is 0.337 e. The van der Waals surface area contributed by atoms with E-state index in [1.54, 1.807) is 0 Å². The summed E-state index contributed by atoms with van der Waals surface area (Å²) in [5, 5.41) is 20.6. The summed E-state index contributed by atoms with van der Waals surface area (Å²) >= 11 is 0. The fourth-order valence-electron chi connectivity index (χ4n) is 1.07. The zero-order valence-electron chi connectivity index (χ0n) is 5.63. The van der Waals surface area contributed by atoms with E-state index < -0.39 is 11.6 Å². The highest BCUT2D eigenvalue weighted by Gasteiger charge is 2.36. The summed E-state index contributed by atoms with van der Waals surface area (Å²) in [5.41, 5.74) is -1.52. The second-order valence-corrected chi connectivity index (χ2v) is 2.62. The Labute approximate surface area is 58.9 Å². The molecule has 4 nitrogen and oxygen atoms in total. The second-order valence-electron chi connectivity index (χ2n) is 2.62. The molecule has 58 valence electrons. The van der Waals surface area contributed by atoms with Gasteiger partial charge in [0.25, 0.3) is 0 Å². The third-order valence-corrected chi connectivity index (χ3v) is 1.76. The first kappa shape index (κ1) is 7.50. The van der Waals surface area contributed by atoms with E-state index in [1.807, 2.05) is 0 Å². The van der Waals surface area contributed by atoms with Crippen LogP contribution in [0.15, 0.2) is 0 Å². The third kappa shape index (κ3) is 1.27. The Balaban J connectivity index is 2.56. The molecule has 0 aliphatic carbocycles. The molecule has 0 aromatic heterocycles. The van der Waals surface area contributed by atoms with Crippen molar-refractivity contribution in [3.63, 3.8) is 0 Å². The Morgan fingerprint density at radius 1 is 1.60 bits per heavy atom. The molecule has 1 fully saturated rings. The topological polar surface area (TPSA) is 69.6 Å². The minimum absolute atomic E-state index is 0.169. The number of carbonyl (C=O) groups is 1. The number of piperidine rings is 1. The molecule has 0 aromatic rings. The van der Waals surface area contributed by atoms with Gasteiger partial charge in [0.15, 0.2) is 5.60 Å². The lowest BCUT2D eigenvalue weighted by atomic mass is 9.95. The standard InChI is InChI=1S/C6H11NO3/c8-5(9)6(10)2-1-3-7-4-6/h7,10H,1-4H2,(H,8,9). The minimum Gasteiger partial charge on any atom is -0.479 e. The van der Waals surface area contributed by atoms with Crippen LogP contribution in [0.2, 0.25) is 0 Å². The number of hydrogen-bond donors (Lipinski definition) is 3. The lowest BCUT2D eigenvalue weighted by molar-refractivity contribution is -0.160. The van der Waals surface area contributed by atoms with E-state index in [-0.39, 0.29) is 6.54 Å². The number of carboxylic acids is 1. The van der Waals surface area contributed by atoms with Crippen molar-refractivity contribution in [3.05, 3.63) is 0 Å². The van der Waals surface area contributed by atoms with Gasteiger partial charge in [-0.05, 0) is 19.4 Å². The van der Waals surface area contributed by atoms with Gasteiger partial charge in [-0.1, -0.05) is 0 Å². The van der Waals surface area contributed by atoms with Crippen molar-refractivity contribution in [1.29, 1.82) is 0 Å². The Kier molecular flexibility index (Phi) is 1.92. The van der Waals surface area contributed by atoms with Crippen molar-refractivity contribution in [2.24, 2.45) is 0 Å². The molecule has 1 heterocycles. The van der Waals surface area contributed by atoms with Crippen molar-refractivity contribution in [2.45, 2.75) is 18.4 Å². The molecule has 1 unspecified atom stereocenters. The van der Waals surface area contributed by atoms with Crippen molar-refractivity contribution >= 4 is 5.97 Å². The van der Waals surface area contributed by atoms with Gasteiger partial charge >= 0.3 is 5.97 Å². The van der Waals surface area contributed by atoms with Crippen LogP contribution in [-0.4, -0.2) is 34.9 Å². The maximum absolute atomic E-state index is 10.4. The van der Waals surface area contributed by atoms with Crippen LogP contribution in [-0.2, 0) is 4.79 Å². The van der Waals surface area contributed by atoms with Gasteiger partial charge in [0.2, 0.25) is 0 Å². The van der Waals surface area contributed by atoms with Crippen LogP contribution >= 0.6 is 0 Å². The summed E-state index contributed by atoms with van der Waals surface area (Å²) in [7, 11) is 0. The number of carboxylic acid groups (broad SMARTS) is 1. The molecule has 0 aromatic carbocycles. The molecule has 0 radical (unpaired) electrons. The Morgan fingerprint density at radius 2 is 2.30 bits per heavy atom. The summed E-state index contributed by atoms with van der Waals surface area (Å²) in [6.07, 6.45) is 1.08. The first-order chi connectivity index (χ1) is 4.65. The van der Waals surface area contributed by atoms with Crippen LogP contribution in [0.3, 0.4) is 0 Å². The average molecular weight is 145 g/mol. The Bertz CT molecular complexity index is 140. The molecule has 0 saturated carbocycles. The van der Waals surface area contributed by atoms with E-state index in [2.05, 4.69) is 5.32 Å². The average Bonchev–Trinajstić information content (AvgIpc) is 1.89. The normalized spacial score (nSPS) is 33.7. The molecule has 1 aliphatic heterocycles. The van der Waals surface area contributed by atoms with Crippen molar-refractivity contribution in [3.8, 4) is 0 Å². The number of aliphatic carboxylic acids is 1. The highest BCUT2D eigenvalue weighted by Crippen LogP contribution is 2.15. The van der Waals surface area contributed by atoms with Crippen molar-refractivity contribution < 1.29 is 15.0 Å². The molecule has 0 bridgehead atoms. The van der Waals surface area contributed by atoms with Crippen LogP contribution in [0.4, 0.5) is 0 Å². The molecule has 0 spiro atoms. The molecular formula is C6H11NO3. The van der Waals surface area contributed by atoms with Crippen LogP contribution in [0.5, 0.6) is 0 Å². The molecular weight excluding hydrogens is 134 g/mol. The van der Waals surface area contributed by atoms with Gasteiger partial charge in [0, 0.05) is 6.54 Å². The summed E-state index contributed by atoms with van der Waals surface area (Å²) in [5.74, 6) is -1.13. The number of β-amino-alcohol motifs (C(OH)–C–C–N with tert-alkyl or cyclic N) is 1. The summed E-state index contributed by atoms with van der Waals surface area (Å²) < 4.78 is 0. The quantitative estimate of drug-likeness (QED) is 0.451. The number of rotatable bonds is 1. The monoisotopic (exact) mass is 145 g/mol. The molecule has 1 rings (SSSR count). The maximum Gasteiger partial charge on any atom is 0.337 e. The summed E-state index contributed by atoms with van der Waals surface area (Å²) in [4.78, 5) is 10.4. The van der Waals surface area contributed by atoms with Gasteiger partial charge in [-0.15, -0.1) is 0 Å². The zero-order valence-corrected chi connectivity index (χ0v) is 5.63. The van der Waals surface area contributed by atoms with E-state index >= 15 is 0 Å². The molecule has 10 heavy (non-hydrogen) atoms. The highest BCUT2D eigenvalue weighted by molar-refractivity contribution is 5.77. The van der Waals surface area contributed by atoms with E-state index in [4.69, 9.17) is 5.11 Å². The fourth-order valence-corrected chi connectivity index (χ4v) is 1.07. The maximum atomic E-state index is 10.4. The van der Waals surface area contributed by atoms with Crippen molar-refractivity contribution in [1.82, 2.24) is 5.32 Å². The first-order valence-electron chi connectivity index (χ1n) is 3.32. The predicted octanol–water partition coefficient (Wildman–Crippen LogP) is -0.814. The second kappa shape index (κ2) is 2.56. The van der Waals surface area contributed by atoms with E-state index in [1.165, 1.54) is 0 Å². The lowest BCUT2D eigenvalue weighted by Gasteiger charge is -2.27. The predicted molar refractivity (Wildman–Crippen MR) is 34.7 cm³/mol. The first-order valence-corrected chi connectivity index (χ1v) is 3.32. The van der Waals surface area contributed by atoms with Gasteiger partial charge in [-0.3, -0.25) is 0 Å². The molecule has 1 aliphatic rings. The fraction of sp³-hybridized carbons (Fsp3) is 0.833. The summed E-state index contributed by atoms with van der Waals surface area (Å²) in [6.45, 7) is 0.970. The molecule has 1 atom stereocenters. The van der Waals surface area contributed by atoms with Crippen molar-refractivity contribution in [2.75, 3.05) is 13.1 Å². The van der Waals surface area contributed by atoms with Gasteiger partial charge < -0.3 is 15.5 Å². The van der Waals surface area contributed by atoms with E-state index in [0.717, 1.165) is 13.0 Å². The highest BCUT2D eigenvalue weighted by atomic mass is 16.4. The zero-order chi connectivity index (χ0) is 7.61. The molecule has 0 amide bonds. The van der Waals surface area contributed by atoms with E-state index in [0.29, 0.717) is 6.42 Å². The molecule has 4 heteroatoms. The van der Waals surface area contributed by atoms with Crippen LogP contribution < -0.4 is 5.32 Å².